The van der Waals surface area contributed by atoms with Crippen molar-refractivity contribution in [1.29, 1.82) is 0 Å². The highest BCUT2D eigenvalue weighted by molar-refractivity contribution is 9.10. The van der Waals surface area contributed by atoms with Crippen LogP contribution < -0.4 is 4.72 Å². The van der Waals surface area contributed by atoms with Crippen LogP contribution in [0.4, 0.5) is 0 Å². The summed E-state index contributed by atoms with van der Waals surface area (Å²) >= 11 is 3.14. The number of hydrogen-bond donors (Lipinski definition) is 1. The van der Waals surface area contributed by atoms with Crippen molar-refractivity contribution >= 4 is 36.0 Å². The summed E-state index contributed by atoms with van der Waals surface area (Å²) < 4.78 is 50.7. The third-order valence-electron chi connectivity index (χ3n) is 2.33. The van der Waals surface area contributed by atoms with Crippen molar-refractivity contribution < 1.29 is 16.8 Å². The Kier molecular flexibility index (Phi) is 5.51. The van der Waals surface area contributed by atoms with Crippen LogP contribution in [0, 0.1) is 0 Å². The Morgan fingerprint density at radius 1 is 1.16 bits per heavy atom. The van der Waals surface area contributed by atoms with E-state index in [2.05, 4.69) is 20.7 Å². The van der Waals surface area contributed by atoms with Crippen LogP contribution in [0.5, 0.6) is 0 Å². The Morgan fingerprint density at radius 2 is 1.74 bits per heavy atom. The molecule has 0 radical (unpaired) electrons. The predicted octanol–water partition coefficient (Wildman–Crippen LogP) is 0.619. The van der Waals surface area contributed by atoms with Gasteiger partial charge in [-0.2, -0.15) is 0 Å². The van der Waals surface area contributed by atoms with Crippen molar-refractivity contribution in [2.75, 3.05) is 26.4 Å². The Morgan fingerprint density at radius 3 is 2.26 bits per heavy atom. The lowest BCUT2D eigenvalue weighted by atomic mass is 10.4. The van der Waals surface area contributed by atoms with Crippen molar-refractivity contribution in [3.05, 3.63) is 28.7 Å². The fourth-order valence-corrected chi connectivity index (χ4v) is 4.12. The molecule has 0 aliphatic rings. The van der Waals surface area contributed by atoms with Gasteiger partial charge in [-0.1, -0.05) is 12.1 Å². The zero-order chi connectivity index (χ0) is 14.7. The van der Waals surface area contributed by atoms with E-state index in [0.29, 0.717) is 4.47 Å². The van der Waals surface area contributed by atoms with Crippen LogP contribution in [-0.2, 0) is 20.0 Å². The summed E-state index contributed by atoms with van der Waals surface area (Å²) in [6, 6.07) is 6.33. The van der Waals surface area contributed by atoms with Gasteiger partial charge in [0.25, 0.3) is 0 Å². The molecular formula is C10H15BrN2O4S2. The number of nitrogens with zero attached hydrogens (tertiary/aromatic N) is 1. The van der Waals surface area contributed by atoms with Gasteiger partial charge in [0.15, 0.2) is 0 Å². The first-order valence-electron chi connectivity index (χ1n) is 5.31. The van der Waals surface area contributed by atoms with Gasteiger partial charge in [-0.15, -0.1) is 0 Å². The first-order chi connectivity index (χ1) is 8.67. The number of benzene rings is 1. The Bertz CT molecular complexity index is 641. The van der Waals surface area contributed by atoms with E-state index in [0.717, 1.165) is 4.31 Å². The number of sulfonamides is 2. The molecule has 9 heteroatoms. The summed E-state index contributed by atoms with van der Waals surface area (Å²) in [4.78, 5) is 0.0808. The molecule has 1 rings (SSSR count). The standard InChI is InChI=1S/C10H15BrN2O4S2/c1-13(2)18(14,15)8-7-12-19(16,17)10-6-4-3-5-9(10)11/h3-6,12H,7-8H2,1-2H3. The van der Waals surface area contributed by atoms with Crippen LogP contribution in [0.3, 0.4) is 0 Å². The summed E-state index contributed by atoms with van der Waals surface area (Å²) in [5.41, 5.74) is 0. The van der Waals surface area contributed by atoms with Crippen LogP contribution in [-0.4, -0.2) is 47.5 Å². The molecule has 0 fully saturated rings. The summed E-state index contributed by atoms with van der Waals surface area (Å²) in [6.07, 6.45) is 0. The third kappa shape index (κ3) is 4.53. The Balaban J connectivity index is 2.76. The molecule has 0 unspecified atom stereocenters. The SMILES string of the molecule is CN(C)S(=O)(=O)CCNS(=O)(=O)c1ccccc1Br. The van der Waals surface area contributed by atoms with Gasteiger partial charge in [-0.3, -0.25) is 0 Å². The minimum absolute atomic E-state index is 0.0808. The second-order valence-electron chi connectivity index (χ2n) is 3.93. The molecule has 19 heavy (non-hydrogen) atoms. The van der Waals surface area contributed by atoms with Crippen LogP contribution in [0.25, 0.3) is 0 Å². The summed E-state index contributed by atoms with van der Waals surface area (Å²) in [5.74, 6) is -0.288. The van der Waals surface area contributed by atoms with E-state index in [1.807, 2.05) is 0 Å². The highest BCUT2D eigenvalue weighted by Gasteiger charge is 2.19. The number of rotatable bonds is 6. The van der Waals surface area contributed by atoms with E-state index in [1.54, 1.807) is 18.2 Å². The van der Waals surface area contributed by atoms with Crippen LogP contribution in [0.1, 0.15) is 0 Å². The van der Waals surface area contributed by atoms with Gasteiger partial charge >= 0.3 is 0 Å². The van der Waals surface area contributed by atoms with E-state index in [1.165, 1.54) is 20.2 Å². The second-order valence-corrected chi connectivity index (χ2v) is 8.82. The van der Waals surface area contributed by atoms with E-state index in [-0.39, 0.29) is 17.2 Å². The largest absolute Gasteiger partial charge is 0.241 e. The van der Waals surface area contributed by atoms with Gasteiger partial charge in [-0.05, 0) is 28.1 Å². The number of hydrogen-bond acceptors (Lipinski definition) is 4. The van der Waals surface area contributed by atoms with E-state index >= 15 is 0 Å². The fraction of sp³-hybridized carbons (Fsp3) is 0.400. The minimum Gasteiger partial charge on any atom is -0.212 e. The maximum Gasteiger partial charge on any atom is 0.241 e. The lowest BCUT2D eigenvalue weighted by Crippen LogP contribution is -2.34. The molecule has 1 N–H and O–H groups in total. The van der Waals surface area contributed by atoms with Gasteiger partial charge in [-0.25, -0.2) is 25.9 Å². The van der Waals surface area contributed by atoms with Gasteiger partial charge in [0.1, 0.15) is 0 Å². The Hall–Kier alpha value is -0.480. The molecule has 0 amide bonds. The summed E-state index contributed by atoms with van der Waals surface area (Å²) in [6.45, 7) is -0.176. The average Bonchev–Trinajstić information content (AvgIpc) is 2.28. The molecule has 1 aromatic carbocycles. The van der Waals surface area contributed by atoms with E-state index in [9.17, 15) is 16.8 Å². The summed E-state index contributed by atoms with van der Waals surface area (Å²) in [7, 11) is -4.34. The molecule has 0 aromatic heterocycles. The predicted molar refractivity (Wildman–Crippen MR) is 76.8 cm³/mol. The molecule has 0 saturated carbocycles. The van der Waals surface area contributed by atoms with Crippen LogP contribution >= 0.6 is 15.9 Å². The highest BCUT2D eigenvalue weighted by atomic mass is 79.9. The molecule has 0 atom stereocenters. The van der Waals surface area contributed by atoms with Crippen LogP contribution in [0.15, 0.2) is 33.6 Å². The Labute approximate surface area is 122 Å². The van der Waals surface area contributed by atoms with Gasteiger partial charge in [0.05, 0.1) is 10.6 Å². The molecule has 0 spiro atoms. The topological polar surface area (TPSA) is 83.6 Å². The maximum absolute atomic E-state index is 12.0. The molecule has 1 aromatic rings. The molecule has 6 nitrogen and oxygen atoms in total. The quantitative estimate of drug-likeness (QED) is 0.795. The normalized spacial score (nSPS) is 12.8. The smallest absolute Gasteiger partial charge is 0.212 e. The van der Waals surface area contributed by atoms with Gasteiger partial charge in [0.2, 0.25) is 20.0 Å². The molecule has 0 heterocycles. The van der Waals surface area contributed by atoms with Crippen molar-refractivity contribution in [2.45, 2.75) is 4.90 Å². The van der Waals surface area contributed by atoms with Crippen molar-refractivity contribution in [3.63, 3.8) is 0 Å². The molecule has 0 aliphatic carbocycles. The molecule has 0 bridgehead atoms. The first kappa shape index (κ1) is 16.6. The van der Waals surface area contributed by atoms with Crippen molar-refractivity contribution in [1.82, 2.24) is 9.03 Å². The van der Waals surface area contributed by atoms with Gasteiger partial charge < -0.3 is 0 Å². The van der Waals surface area contributed by atoms with Gasteiger partial charge in [0, 0.05) is 25.1 Å². The maximum atomic E-state index is 12.0. The van der Waals surface area contributed by atoms with Crippen molar-refractivity contribution in [2.24, 2.45) is 0 Å². The molecule has 108 valence electrons. The molecular weight excluding hydrogens is 356 g/mol. The fourth-order valence-electron chi connectivity index (χ4n) is 1.23. The minimum atomic E-state index is -3.72. The number of nitrogens with one attached hydrogen (secondary N) is 1. The number of halogens is 1. The lowest BCUT2D eigenvalue weighted by molar-refractivity contribution is 0.519. The second kappa shape index (κ2) is 6.31. The zero-order valence-electron chi connectivity index (χ0n) is 10.5. The highest BCUT2D eigenvalue weighted by Crippen LogP contribution is 2.20. The monoisotopic (exact) mass is 370 g/mol. The first-order valence-corrected chi connectivity index (χ1v) is 9.20. The van der Waals surface area contributed by atoms with E-state index in [4.69, 9.17) is 0 Å². The van der Waals surface area contributed by atoms with Crippen LogP contribution in [0.2, 0.25) is 0 Å². The lowest BCUT2D eigenvalue weighted by Gasteiger charge is -2.12. The summed E-state index contributed by atoms with van der Waals surface area (Å²) in [5, 5.41) is 0. The molecule has 0 aliphatic heterocycles. The third-order valence-corrected chi connectivity index (χ3v) is 6.64. The zero-order valence-corrected chi connectivity index (χ0v) is 13.7. The van der Waals surface area contributed by atoms with E-state index < -0.39 is 20.0 Å². The molecule has 0 saturated heterocycles. The average molecular weight is 371 g/mol. The van der Waals surface area contributed by atoms with Crippen molar-refractivity contribution in [3.8, 4) is 0 Å².